The Morgan fingerprint density at radius 2 is 1.66 bits per heavy atom. The highest BCUT2D eigenvalue weighted by Crippen LogP contribution is 2.15. The molecule has 1 aliphatic heterocycles. The lowest BCUT2D eigenvalue weighted by Gasteiger charge is -2.32. The van der Waals surface area contributed by atoms with E-state index in [0.29, 0.717) is 19.5 Å². The Balaban J connectivity index is 2.14. The quantitative estimate of drug-likeness (QED) is 0.601. The molecule has 8 heteroatoms. The van der Waals surface area contributed by atoms with Crippen LogP contribution in [0.15, 0.2) is 30.3 Å². The van der Waals surface area contributed by atoms with Crippen LogP contribution in [0.1, 0.15) is 45.1 Å². The third-order valence-electron chi connectivity index (χ3n) is 5.98. The summed E-state index contributed by atoms with van der Waals surface area (Å²) in [5.74, 6) is -1.57. The van der Waals surface area contributed by atoms with Crippen LogP contribution in [0.4, 0.5) is 0 Å². The van der Waals surface area contributed by atoms with Gasteiger partial charge in [-0.2, -0.15) is 0 Å². The van der Waals surface area contributed by atoms with Crippen LogP contribution < -0.4 is 10.6 Å². The fraction of sp³-hybridized carbons (Fsp3) is 0.583. The molecule has 1 aliphatic rings. The van der Waals surface area contributed by atoms with Gasteiger partial charge in [0.2, 0.25) is 23.6 Å². The van der Waals surface area contributed by atoms with Gasteiger partial charge >= 0.3 is 0 Å². The Morgan fingerprint density at radius 3 is 2.25 bits per heavy atom. The number of likely N-dealkylation sites (N-methyl/N-ethyl adjacent to an activating group) is 1. The second kappa shape index (κ2) is 12.2. The lowest BCUT2D eigenvalue weighted by Crippen LogP contribution is -2.55. The van der Waals surface area contributed by atoms with Gasteiger partial charge < -0.3 is 20.4 Å². The minimum Gasteiger partial charge on any atom is -0.359 e. The van der Waals surface area contributed by atoms with E-state index in [9.17, 15) is 19.2 Å². The van der Waals surface area contributed by atoms with Crippen LogP contribution in [-0.2, 0) is 25.6 Å². The fourth-order valence-electron chi connectivity index (χ4n) is 3.97. The Bertz CT molecular complexity index is 792. The van der Waals surface area contributed by atoms with Gasteiger partial charge in [-0.05, 0) is 31.7 Å². The van der Waals surface area contributed by atoms with Crippen molar-refractivity contribution in [2.75, 3.05) is 27.2 Å². The molecule has 4 amide bonds. The van der Waals surface area contributed by atoms with Crippen molar-refractivity contribution in [2.24, 2.45) is 5.92 Å². The van der Waals surface area contributed by atoms with E-state index in [1.54, 1.807) is 25.8 Å². The molecule has 0 spiro atoms. The number of hydrogen-bond donors (Lipinski definition) is 2. The first-order valence-electron chi connectivity index (χ1n) is 11.3. The summed E-state index contributed by atoms with van der Waals surface area (Å²) in [6.45, 7) is 4.78. The molecule has 0 radical (unpaired) electrons. The zero-order valence-electron chi connectivity index (χ0n) is 19.6. The molecule has 2 N–H and O–H groups in total. The normalized spacial score (nSPS) is 16.4. The lowest BCUT2D eigenvalue weighted by molar-refractivity contribution is -0.144. The summed E-state index contributed by atoms with van der Waals surface area (Å²) >= 11 is 0. The van der Waals surface area contributed by atoms with Crippen molar-refractivity contribution in [3.63, 3.8) is 0 Å². The van der Waals surface area contributed by atoms with E-state index >= 15 is 0 Å². The van der Waals surface area contributed by atoms with Crippen molar-refractivity contribution >= 4 is 23.6 Å². The van der Waals surface area contributed by atoms with Crippen LogP contribution in [0.2, 0.25) is 0 Å². The largest absolute Gasteiger partial charge is 0.359 e. The van der Waals surface area contributed by atoms with E-state index in [0.717, 1.165) is 24.8 Å². The molecule has 0 bridgehead atoms. The van der Waals surface area contributed by atoms with Crippen molar-refractivity contribution in [1.82, 2.24) is 20.4 Å². The summed E-state index contributed by atoms with van der Waals surface area (Å²) in [7, 11) is 3.10. The third-order valence-corrected chi connectivity index (χ3v) is 5.98. The van der Waals surface area contributed by atoms with Crippen LogP contribution in [0.5, 0.6) is 0 Å². The SMILES string of the molecule is CNC(=O)C[C@H](C)C(=O)N(C)[C@@H](Cc1ccccc1)C(=O)N[C@@H](C)C(=O)N1CCCCC1. The molecule has 1 saturated heterocycles. The highest BCUT2D eigenvalue weighted by Gasteiger charge is 2.32. The minimum atomic E-state index is -0.798. The molecule has 32 heavy (non-hydrogen) atoms. The molecule has 176 valence electrons. The molecule has 2 rings (SSSR count). The van der Waals surface area contributed by atoms with E-state index in [4.69, 9.17) is 0 Å². The maximum atomic E-state index is 13.2. The van der Waals surface area contributed by atoms with E-state index in [1.165, 1.54) is 11.9 Å². The summed E-state index contributed by atoms with van der Waals surface area (Å²) in [6.07, 6.45) is 3.42. The Labute approximate surface area is 190 Å². The van der Waals surface area contributed by atoms with Crippen LogP contribution in [0.25, 0.3) is 0 Å². The molecule has 0 unspecified atom stereocenters. The molecule has 0 aliphatic carbocycles. The topological polar surface area (TPSA) is 98.8 Å². The molecule has 1 heterocycles. The van der Waals surface area contributed by atoms with E-state index in [-0.39, 0.29) is 30.0 Å². The van der Waals surface area contributed by atoms with Crippen molar-refractivity contribution in [3.8, 4) is 0 Å². The van der Waals surface area contributed by atoms with Crippen LogP contribution in [-0.4, -0.2) is 72.7 Å². The second-order valence-electron chi connectivity index (χ2n) is 8.55. The van der Waals surface area contributed by atoms with Crippen molar-refractivity contribution < 1.29 is 19.2 Å². The number of piperidine rings is 1. The predicted octanol–water partition coefficient (Wildman–Crippen LogP) is 1.35. The number of nitrogens with one attached hydrogen (secondary N) is 2. The summed E-state index contributed by atoms with van der Waals surface area (Å²) in [5, 5.41) is 5.34. The number of likely N-dealkylation sites (tertiary alicyclic amines) is 1. The average molecular weight is 445 g/mol. The summed E-state index contributed by atoms with van der Waals surface area (Å²) in [5.41, 5.74) is 0.904. The van der Waals surface area contributed by atoms with E-state index < -0.39 is 18.0 Å². The molecular weight excluding hydrogens is 408 g/mol. The number of hydrogen-bond acceptors (Lipinski definition) is 4. The van der Waals surface area contributed by atoms with Gasteiger partial charge in [0.15, 0.2) is 0 Å². The molecule has 0 saturated carbocycles. The first-order valence-corrected chi connectivity index (χ1v) is 11.3. The standard InChI is InChI=1S/C24H36N4O4/c1-17(15-21(29)25-3)23(31)27(4)20(16-19-11-7-5-8-12-19)22(30)26-18(2)24(32)28-13-9-6-10-14-28/h5,7-8,11-12,17-18,20H,6,9-10,13-16H2,1-4H3,(H,25,29)(H,26,30)/t17-,18-,20-/m0/s1. The molecule has 1 fully saturated rings. The molecule has 1 aromatic carbocycles. The molecule has 0 aromatic heterocycles. The number of benzene rings is 1. The van der Waals surface area contributed by atoms with Gasteiger partial charge in [-0.1, -0.05) is 37.3 Å². The first kappa shape index (κ1) is 25.4. The molecular formula is C24H36N4O4. The highest BCUT2D eigenvalue weighted by atomic mass is 16.2. The van der Waals surface area contributed by atoms with Crippen molar-refractivity contribution in [3.05, 3.63) is 35.9 Å². The third kappa shape index (κ3) is 7.07. The van der Waals surface area contributed by atoms with Crippen LogP contribution in [0.3, 0.4) is 0 Å². The molecule has 3 atom stereocenters. The second-order valence-corrected chi connectivity index (χ2v) is 8.55. The maximum absolute atomic E-state index is 13.2. The van der Waals surface area contributed by atoms with Gasteiger partial charge in [0.25, 0.3) is 0 Å². The van der Waals surface area contributed by atoms with E-state index in [1.807, 2.05) is 30.3 Å². The Morgan fingerprint density at radius 1 is 1.03 bits per heavy atom. The number of carbonyl (C=O) groups excluding carboxylic acids is 4. The van der Waals surface area contributed by atoms with Gasteiger partial charge in [-0.3, -0.25) is 19.2 Å². The first-order chi connectivity index (χ1) is 15.2. The monoisotopic (exact) mass is 444 g/mol. The predicted molar refractivity (Wildman–Crippen MR) is 123 cm³/mol. The summed E-state index contributed by atoms with van der Waals surface area (Å²) in [4.78, 5) is 53.9. The Kier molecular flexibility index (Phi) is 9.68. The van der Waals surface area contributed by atoms with Crippen LogP contribution in [0, 0.1) is 5.92 Å². The summed E-state index contributed by atoms with van der Waals surface area (Å²) in [6, 6.07) is 7.97. The number of amides is 4. The molecule has 1 aromatic rings. The van der Waals surface area contributed by atoms with Gasteiger partial charge in [-0.15, -0.1) is 0 Å². The smallest absolute Gasteiger partial charge is 0.244 e. The lowest BCUT2D eigenvalue weighted by atomic mass is 10.0. The van der Waals surface area contributed by atoms with Gasteiger partial charge in [0.1, 0.15) is 12.1 Å². The minimum absolute atomic E-state index is 0.0448. The van der Waals surface area contributed by atoms with Crippen molar-refractivity contribution in [2.45, 2.75) is 58.0 Å². The highest BCUT2D eigenvalue weighted by molar-refractivity contribution is 5.93. The number of nitrogens with zero attached hydrogens (tertiary/aromatic N) is 2. The number of rotatable bonds is 9. The van der Waals surface area contributed by atoms with Crippen molar-refractivity contribution in [1.29, 1.82) is 0 Å². The maximum Gasteiger partial charge on any atom is 0.244 e. The van der Waals surface area contributed by atoms with Gasteiger partial charge in [0, 0.05) is 45.9 Å². The van der Waals surface area contributed by atoms with Gasteiger partial charge in [0.05, 0.1) is 0 Å². The number of carbonyl (C=O) groups is 4. The zero-order valence-corrected chi connectivity index (χ0v) is 19.6. The zero-order chi connectivity index (χ0) is 23.7. The summed E-state index contributed by atoms with van der Waals surface area (Å²) < 4.78 is 0. The fourth-order valence-corrected chi connectivity index (χ4v) is 3.97. The van der Waals surface area contributed by atoms with E-state index in [2.05, 4.69) is 10.6 Å². The van der Waals surface area contributed by atoms with Gasteiger partial charge in [-0.25, -0.2) is 0 Å². The Hall–Kier alpha value is -2.90. The van der Waals surface area contributed by atoms with Crippen LogP contribution >= 0.6 is 0 Å². The molecule has 8 nitrogen and oxygen atoms in total. The average Bonchev–Trinajstić information content (AvgIpc) is 2.81.